The Balaban J connectivity index is 2.16. The molecule has 82 valence electrons. The van der Waals surface area contributed by atoms with Crippen molar-refractivity contribution in [3.05, 3.63) is 0 Å². The molecule has 0 spiro atoms. The smallest absolute Gasteiger partial charge is 0.0295 e. The molecule has 0 heteroatoms. The molecule has 0 amide bonds. The average molecular weight is 194 g/mol. The van der Waals surface area contributed by atoms with Crippen molar-refractivity contribution in [2.45, 2.75) is 54.4 Å². The molecular weight excluding hydrogens is 168 g/mol. The van der Waals surface area contributed by atoms with Gasteiger partial charge in [-0.05, 0) is 47.3 Å². The summed E-state index contributed by atoms with van der Waals surface area (Å²) in [4.78, 5) is 0. The Morgan fingerprint density at radius 1 is 1.07 bits per heavy atom. The molecule has 0 heterocycles. The van der Waals surface area contributed by atoms with Crippen molar-refractivity contribution >= 4 is 0 Å². The molecule has 4 atom stereocenters. The van der Waals surface area contributed by atoms with Gasteiger partial charge in [-0.2, -0.15) is 0 Å². The second kappa shape index (κ2) is 2.77. The topological polar surface area (TPSA) is 0 Å². The van der Waals surface area contributed by atoms with Crippen molar-refractivity contribution in [3.8, 4) is 0 Å². The summed E-state index contributed by atoms with van der Waals surface area (Å²) in [6.45, 7) is 14.7. The van der Waals surface area contributed by atoms with Crippen LogP contribution in [-0.4, -0.2) is 0 Å². The first-order valence-electron chi connectivity index (χ1n) is 6.24. The van der Waals surface area contributed by atoms with Gasteiger partial charge < -0.3 is 0 Å². The third-order valence-corrected chi connectivity index (χ3v) is 5.47. The standard InChI is InChI=1S/C14H26/c1-9-11(13(2,3)4)7-10-8-12(9)14(10,5)6/h9-12H,7-8H2,1-6H3/t9-,10+,11+,12-/m1/s1. The summed E-state index contributed by atoms with van der Waals surface area (Å²) in [5.41, 5.74) is 1.17. The summed E-state index contributed by atoms with van der Waals surface area (Å²) < 4.78 is 0. The summed E-state index contributed by atoms with van der Waals surface area (Å²) in [6, 6.07) is 0. The molecule has 0 aliphatic heterocycles. The lowest BCUT2D eigenvalue weighted by Crippen LogP contribution is -2.57. The Morgan fingerprint density at radius 2 is 1.64 bits per heavy atom. The molecule has 0 unspecified atom stereocenters. The van der Waals surface area contributed by atoms with Crippen LogP contribution in [0, 0.1) is 34.5 Å². The van der Waals surface area contributed by atoms with Crippen molar-refractivity contribution in [2.75, 3.05) is 0 Å². The maximum Gasteiger partial charge on any atom is -0.0295 e. The van der Waals surface area contributed by atoms with Gasteiger partial charge in [-0.25, -0.2) is 0 Å². The van der Waals surface area contributed by atoms with Crippen LogP contribution in [-0.2, 0) is 0 Å². The quantitative estimate of drug-likeness (QED) is 0.538. The van der Waals surface area contributed by atoms with E-state index < -0.39 is 0 Å². The average Bonchev–Trinajstić information content (AvgIpc) is 2.01. The molecule has 0 radical (unpaired) electrons. The molecule has 3 rings (SSSR count). The van der Waals surface area contributed by atoms with Gasteiger partial charge in [0.1, 0.15) is 0 Å². The van der Waals surface area contributed by atoms with Crippen molar-refractivity contribution in [3.63, 3.8) is 0 Å². The lowest BCUT2D eigenvalue weighted by atomic mass is 9.41. The lowest BCUT2D eigenvalue weighted by Gasteiger charge is -2.64. The summed E-state index contributed by atoms with van der Waals surface area (Å²) >= 11 is 0. The third kappa shape index (κ3) is 1.26. The monoisotopic (exact) mass is 194 g/mol. The fourth-order valence-corrected chi connectivity index (χ4v) is 4.29. The van der Waals surface area contributed by atoms with E-state index in [9.17, 15) is 0 Å². The van der Waals surface area contributed by atoms with Crippen molar-refractivity contribution in [1.29, 1.82) is 0 Å². The van der Waals surface area contributed by atoms with Crippen molar-refractivity contribution < 1.29 is 0 Å². The summed E-state index contributed by atoms with van der Waals surface area (Å²) in [5, 5.41) is 0. The summed E-state index contributed by atoms with van der Waals surface area (Å²) in [6.07, 6.45) is 2.99. The summed E-state index contributed by atoms with van der Waals surface area (Å²) in [7, 11) is 0. The van der Waals surface area contributed by atoms with Crippen LogP contribution in [0.5, 0.6) is 0 Å². The van der Waals surface area contributed by atoms with E-state index in [0.29, 0.717) is 10.8 Å². The van der Waals surface area contributed by atoms with Crippen LogP contribution < -0.4 is 0 Å². The first-order chi connectivity index (χ1) is 6.24. The van der Waals surface area contributed by atoms with E-state index in [2.05, 4.69) is 41.5 Å². The van der Waals surface area contributed by atoms with Crippen LogP contribution in [0.4, 0.5) is 0 Å². The minimum Gasteiger partial charge on any atom is -0.0619 e. The van der Waals surface area contributed by atoms with E-state index in [-0.39, 0.29) is 0 Å². The molecule has 0 aromatic heterocycles. The second-order valence-electron chi connectivity index (χ2n) is 7.43. The van der Waals surface area contributed by atoms with Crippen molar-refractivity contribution in [1.82, 2.24) is 0 Å². The van der Waals surface area contributed by atoms with E-state index >= 15 is 0 Å². The largest absolute Gasteiger partial charge is 0.0619 e. The summed E-state index contributed by atoms with van der Waals surface area (Å²) in [5.74, 6) is 3.92. The zero-order chi connectivity index (χ0) is 10.7. The van der Waals surface area contributed by atoms with E-state index in [4.69, 9.17) is 0 Å². The molecule has 3 saturated carbocycles. The number of rotatable bonds is 0. The van der Waals surface area contributed by atoms with Gasteiger partial charge in [-0.3, -0.25) is 0 Å². The van der Waals surface area contributed by atoms with Gasteiger partial charge in [0, 0.05) is 0 Å². The minimum atomic E-state index is 0.521. The lowest BCUT2D eigenvalue weighted by molar-refractivity contribution is -0.150. The van der Waals surface area contributed by atoms with Crippen LogP contribution in [0.3, 0.4) is 0 Å². The van der Waals surface area contributed by atoms with Crippen LogP contribution in [0.25, 0.3) is 0 Å². The number of hydrogen-bond donors (Lipinski definition) is 0. The van der Waals surface area contributed by atoms with Gasteiger partial charge in [0.2, 0.25) is 0 Å². The Hall–Kier alpha value is 0. The van der Waals surface area contributed by atoms with E-state index in [0.717, 1.165) is 23.7 Å². The highest BCUT2D eigenvalue weighted by molar-refractivity contribution is 5.06. The Labute approximate surface area is 89.5 Å². The van der Waals surface area contributed by atoms with Crippen molar-refractivity contribution in [2.24, 2.45) is 34.5 Å². The van der Waals surface area contributed by atoms with Gasteiger partial charge in [-0.1, -0.05) is 41.5 Å². The zero-order valence-corrected chi connectivity index (χ0v) is 10.7. The number of fused-ring (bicyclic) bond motifs is 2. The predicted octanol–water partition coefficient (Wildman–Crippen LogP) is 4.35. The number of hydrogen-bond acceptors (Lipinski definition) is 0. The first-order valence-corrected chi connectivity index (χ1v) is 6.24. The SMILES string of the molecule is C[C@H]1[C@H]2C[C@H](C[C@@H]1C(C)(C)C)C2(C)C. The van der Waals surface area contributed by atoms with Crippen LogP contribution in [0.2, 0.25) is 0 Å². The van der Waals surface area contributed by atoms with Crippen LogP contribution in [0.15, 0.2) is 0 Å². The van der Waals surface area contributed by atoms with Gasteiger partial charge in [0.15, 0.2) is 0 Å². The first kappa shape index (κ1) is 10.5. The molecule has 14 heavy (non-hydrogen) atoms. The fraction of sp³-hybridized carbons (Fsp3) is 1.00. The molecule has 0 nitrogen and oxygen atoms in total. The van der Waals surface area contributed by atoms with Gasteiger partial charge >= 0.3 is 0 Å². The maximum atomic E-state index is 2.50. The highest BCUT2D eigenvalue weighted by Gasteiger charge is 2.57. The Bertz CT molecular complexity index is 231. The minimum absolute atomic E-state index is 0.521. The molecule has 3 fully saturated rings. The molecule has 2 bridgehead atoms. The Kier molecular flexibility index (Phi) is 2.08. The molecule has 3 aliphatic carbocycles. The zero-order valence-electron chi connectivity index (χ0n) is 10.7. The molecular formula is C14H26. The van der Waals surface area contributed by atoms with Crippen LogP contribution >= 0.6 is 0 Å². The van der Waals surface area contributed by atoms with Gasteiger partial charge in [0.25, 0.3) is 0 Å². The Morgan fingerprint density at radius 3 is 2.00 bits per heavy atom. The molecule has 3 aliphatic rings. The second-order valence-corrected chi connectivity index (χ2v) is 7.43. The third-order valence-electron chi connectivity index (χ3n) is 5.47. The molecule has 0 aromatic rings. The highest BCUT2D eigenvalue weighted by Crippen LogP contribution is 2.65. The van der Waals surface area contributed by atoms with Gasteiger partial charge in [-0.15, -0.1) is 0 Å². The molecule has 0 aromatic carbocycles. The predicted molar refractivity (Wildman–Crippen MR) is 62.1 cm³/mol. The molecule has 0 N–H and O–H groups in total. The van der Waals surface area contributed by atoms with E-state index in [1.807, 2.05) is 0 Å². The van der Waals surface area contributed by atoms with E-state index in [1.54, 1.807) is 0 Å². The maximum absolute atomic E-state index is 2.50. The molecule has 0 saturated heterocycles. The van der Waals surface area contributed by atoms with Gasteiger partial charge in [0.05, 0.1) is 0 Å². The fourth-order valence-electron chi connectivity index (χ4n) is 4.29. The normalized spacial score (nSPS) is 45.9. The van der Waals surface area contributed by atoms with Crippen LogP contribution in [0.1, 0.15) is 54.4 Å². The van der Waals surface area contributed by atoms with E-state index in [1.165, 1.54) is 12.8 Å². The highest BCUT2D eigenvalue weighted by atomic mass is 14.6.